The highest BCUT2D eigenvalue weighted by atomic mass is 19.2. The lowest BCUT2D eigenvalue weighted by Crippen LogP contribution is -2.24. The SMILES string of the molecule is O=c1c2ccccc2c(-c2ccc(F)c(F)c2)nn1CCCO. The molecule has 2 aromatic carbocycles. The van der Waals surface area contributed by atoms with Crippen LogP contribution in [0, 0.1) is 11.6 Å². The molecule has 0 unspecified atom stereocenters. The van der Waals surface area contributed by atoms with Crippen LogP contribution in [-0.2, 0) is 6.54 Å². The predicted molar refractivity (Wildman–Crippen MR) is 83.1 cm³/mol. The molecule has 1 aromatic heterocycles. The molecule has 0 spiro atoms. The normalized spacial score (nSPS) is 11.1. The fourth-order valence-corrected chi connectivity index (χ4v) is 2.46. The molecule has 3 rings (SSSR count). The molecule has 0 aliphatic rings. The van der Waals surface area contributed by atoms with Crippen molar-refractivity contribution in [2.24, 2.45) is 0 Å². The molecule has 4 nitrogen and oxygen atoms in total. The Bertz CT molecular complexity index is 922. The number of nitrogens with zero attached hydrogens (tertiary/aromatic N) is 2. The van der Waals surface area contributed by atoms with Gasteiger partial charge in [0.05, 0.1) is 11.1 Å². The van der Waals surface area contributed by atoms with Crippen LogP contribution in [0.4, 0.5) is 8.78 Å². The van der Waals surface area contributed by atoms with Gasteiger partial charge in [-0.3, -0.25) is 4.79 Å². The zero-order valence-corrected chi connectivity index (χ0v) is 12.2. The number of aromatic nitrogens is 2. The van der Waals surface area contributed by atoms with E-state index in [1.165, 1.54) is 10.7 Å². The van der Waals surface area contributed by atoms with Gasteiger partial charge < -0.3 is 5.11 Å². The van der Waals surface area contributed by atoms with Crippen LogP contribution in [0.1, 0.15) is 6.42 Å². The molecule has 0 saturated heterocycles. The van der Waals surface area contributed by atoms with Crippen molar-refractivity contribution in [2.75, 3.05) is 6.61 Å². The van der Waals surface area contributed by atoms with Crippen LogP contribution in [0.2, 0.25) is 0 Å². The van der Waals surface area contributed by atoms with Crippen molar-refractivity contribution in [3.63, 3.8) is 0 Å². The lowest BCUT2D eigenvalue weighted by molar-refractivity contribution is 0.276. The van der Waals surface area contributed by atoms with Crippen LogP contribution in [0.15, 0.2) is 47.3 Å². The van der Waals surface area contributed by atoms with E-state index in [-0.39, 0.29) is 18.7 Å². The van der Waals surface area contributed by atoms with Gasteiger partial charge in [0.25, 0.3) is 5.56 Å². The summed E-state index contributed by atoms with van der Waals surface area (Å²) in [4.78, 5) is 12.4. The fourth-order valence-electron chi connectivity index (χ4n) is 2.46. The van der Waals surface area contributed by atoms with Crippen molar-refractivity contribution in [3.05, 3.63) is 64.5 Å². The predicted octanol–water partition coefficient (Wildman–Crippen LogP) is 2.72. The Balaban J connectivity index is 2.28. The monoisotopic (exact) mass is 316 g/mol. The lowest BCUT2D eigenvalue weighted by Gasteiger charge is -2.11. The number of fused-ring (bicyclic) bond motifs is 1. The molecule has 23 heavy (non-hydrogen) atoms. The van der Waals surface area contributed by atoms with Gasteiger partial charge >= 0.3 is 0 Å². The third-order valence-electron chi connectivity index (χ3n) is 3.59. The number of rotatable bonds is 4. The second-order valence-electron chi connectivity index (χ2n) is 5.13. The summed E-state index contributed by atoms with van der Waals surface area (Å²) in [6.07, 6.45) is 0.377. The van der Waals surface area contributed by atoms with Crippen molar-refractivity contribution in [1.82, 2.24) is 9.78 Å². The van der Waals surface area contributed by atoms with E-state index in [9.17, 15) is 13.6 Å². The molecule has 0 aliphatic carbocycles. The van der Waals surface area contributed by atoms with Crippen LogP contribution in [-0.4, -0.2) is 21.5 Å². The summed E-state index contributed by atoms with van der Waals surface area (Å²) in [5, 5.41) is 14.3. The maximum Gasteiger partial charge on any atom is 0.274 e. The van der Waals surface area contributed by atoms with E-state index in [1.807, 2.05) is 0 Å². The van der Waals surface area contributed by atoms with Crippen LogP contribution < -0.4 is 5.56 Å². The van der Waals surface area contributed by atoms with Crippen molar-refractivity contribution in [3.8, 4) is 11.3 Å². The zero-order valence-electron chi connectivity index (χ0n) is 12.2. The maximum atomic E-state index is 13.5. The molecule has 0 bridgehead atoms. The highest BCUT2D eigenvalue weighted by Crippen LogP contribution is 2.25. The minimum absolute atomic E-state index is 0.0680. The van der Waals surface area contributed by atoms with Crippen LogP contribution in [0.3, 0.4) is 0 Å². The van der Waals surface area contributed by atoms with E-state index in [0.717, 1.165) is 12.1 Å². The van der Waals surface area contributed by atoms with E-state index >= 15 is 0 Å². The molecule has 0 radical (unpaired) electrons. The van der Waals surface area contributed by atoms with E-state index in [1.54, 1.807) is 24.3 Å². The number of benzene rings is 2. The Kier molecular flexibility index (Phi) is 4.16. The minimum Gasteiger partial charge on any atom is -0.396 e. The van der Waals surface area contributed by atoms with E-state index < -0.39 is 11.6 Å². The van der Waals surface area contributed by atoms with Gasteiger partial charge in [-0.25, -0.2) is 13.5 Å². The second-order valence-corrected chi connectivity index (χ2v) is 5.13. The first-order valence-electron chi connectivity index (χ1n) is 7.18. The van der Waals surface area contributed by atoms with Crippen molar-refractivity contribution >= 4 is 10.8 Å². The Hall–Kier alpha value is -2.60. The van der Waals surface area contributed by atoms with E-state index in [4.69, 9.17) is 5.11 Å². The molecule has 3 aromatic rings. The molecule has 118 valence electrons. The largest absolute Gasteiger partial charge is 0.396 e. The number of halogens is 2. The smallest absolute Gasteiger partial charge is 0.274 e. The first-order valence-corrected chi connectivity index (χ1v) is 7.18. The minimum atomic E-state index is -0.971. The molecule has 6 heteroatoms. The molecular weight excluding hydrogens is 302 g/mol. The molecule has 0 aliphatic heterocycles. The van der Waals surface area contributed by atoms with Crippen molar-refractivity contribution in [1.29, 1.82) is 0 Å². The number of aliphatic hydroxyl groups excluding tert-OH is 1. The Morgan fingerprint density at radius 2 is 1.78 bits per heavy atom. The average molecular weight is 316 g/mol. The van der Waals surface area contributed by atoms with Gasteiger partial charge in [0.1, 0.15) is 0 Å². The van der Waals surface area contributed by atoms with Crippen LogP contribution in [0.5, 0.6) is 0 Å². The number of hydrogen-bond donors (Lipinski definition) is 1. The zero-order chi connectivity index (χ0) is 16.4. The number of aryl methyl sites for hydroxylation is 1. The van der Waals surface area contributed by atoms with Gasteiger partial charge in [-0.15, -0.1) is 0 Å². The third kappa shape index (κ3) is 2.85. The summed E-state index contributed by atoms with van der Waals surface area (Å²) in [6.45, 7) is 0.179. The first kappa shape index (κ1) is 15.3. The fraction of sp³-hybridized carbons (Fsp3) is 0.176. The highest BCUT2D eigenvalue weighted by molar-refractivity contribution is 5.93. The average Bonchev–Trinajstić information content (AvgIpc) is 2.57. The molecule has 0 saturated carbocycles. The Morgan fingerprint density at radius 3 is 2.48 bits per heavy atom. The van der Waals surface area contributed by atoms with Crippen LogP contribution >= 0.6 is 0 Å². The molecule has 1 N–H and O–H groups in total. The van der Waals surface area contributed by atoms with E-state index in [0.29, 0.717) is 28.5 Å². The molecule has 0 atom stereocenters. The molecular formula is C17H14F2N2O2. The summed E-state index contributed by atoms with van der Waals surface area (Å²) < 4.78 is 27.9. The van der Waals surface area contributed by atoms with E-state index in [2.05, 4.69) is 5.10 Å². The summed E-state index contributed by atoms with van der Waals surface area (Å²) in [7, 11) is 0. The highest BCUT2D eigenvalue weighted by Gasteiger charge is 2.13. The number of hydrogen-bond acceptors (Lipinski definition) is 3. The quantitative estimate of drug-likeness (QED) is 0.805. The lowest BCUT2D eigenvalue weighted by atomic mass is 10.0. The summed E-state index contributed by atoms with van der Waals surface area (Å²) in [6, 6.07) is 10.4. The van der Waals surface area contributed by atoms with Gasteiger partial charge in [0, 0.05) is 24.1 Å². The van der Waals surface area contributed by atoms with Crippen LogP contribution in [0.25, 0.3) is 22.0 Å². The van der Waals surface area contributed by atoms with Gasteiger partial charge in [0.15, 0.2) is 11.6 Å². The summed E-state index contributed by atoms with van der Waals surface area (Å²) in [5.41, 5.74) is 0.510. The van der Waals surface area contributed by atoms with Gasteiger partial charge in [-0.2, -0.15) is 5.10 Å². The van der Waals surface area contributed by atoms with Gasteiger partial charge in [-0.05, 0) is 30.7 Å². The topological polar surface area (TPSA) is 55.1 Å². The third-order valence-corrected chi connectivity index (χ3v) is 3.59. The van der Waals surface area contributed by atoms with Crippen molar-refractivity contribution < 1.29 is 13.9 Å². The molecule has 1 heterocycles. The maximum absolute atomic E-state index is 13.5. The standard InChI is InChI=1S/C17H14F2N2O2/c18-14-7-6-11(10-15(14)19)16-12-4-1-2-5-13(12)17(23)21(20-16)8-3-9-22/h1-2,4-7,10,22H,3,8-9H2. The summed E-state index contributed by atoms with van der Waals surface area (Å²) in [5.74, 6) is -1.91. The first-order chi connectivity index (χ1) is 11.1. The van der Waals surface area contributed by atoms with Crippen molar-refractivity contribution in [2.45, 2.75) is 13.0 Å². The Morgan fingerprint density at radius 1 is 1.04 bits per heavy atom. The molecule has 0 fully saturated rings. The molecule has 0 amide bonds. The Labute approximate surface area is 130 Å². The summed E-state index contributed by atoms with van der Waals surface area (Å²) >= 11 is 0. The second kappa shape index (κ2) is 6.26. The van der Waals surface area contributed by atoms with Gasteiger partial charge in [-0.1, -0.05) is 18.2 Å². The number of aliphatic hydroxyl groups is 1. The van der Waals surface area contributed by atoms with Gasteiger partial charge in [0.2, 0.25) is 0 Å².